The molecule has 4 nitrogen and oxygen atoms in total. The molecule has 0 unspecified atom stereocenters. The molecule has 1 heterocycles. The Morgan fingerprint density at radius 3 is 2.80 bits per heavy atom. The largest absolute Gasteiger partial charge is 0.468 e. The van der Waals surface area contributed by atoms with Crippen LogP contribution in [0, 0.1) is 0 Å². The third-order valence-corrected chi connectivity index (χ3v) is 1.49. The zero-order valence-electron chi connectivity index (χ0n) is 5.42. The number of halogens is 2. The first-order valence-electron chi connectivity index (χ1n) is 2.66. The summed E-state index contributed by atoms with van der Waals surface area (Å²) in [4.78, 5) is 3.89. The summed E-state index contributed by atoms with van der Waals surface area (Å²) in [6.45, 7) is 0.823. The van der Waals surface area contributed by atoms with Gasteiger partial charge in [0, 0.05) is 11.8 Å². The van der Waals surface area contributed by atoms with E-state index in [-0.39, 0.29) is 0 Å². The molecule has 0 atom stereocenters. The summed E-state index contributed by atoms with van der Waals surface area (Å²) in [6, 6.07) is 0.401. The normalized spacial score (nSPS) is 20.7. The summed E-state index contributed by atoms with van der Waals surface area (Å²) in [5.74, 6) is 0. The van der Waals surface area contributed by atoms with Crippen LogP contribution in [0.15, 0.2) is 4.99 Å². The van der Waals surface area contributed by atoms with E-state index in [0.29, 0.717) is 19.4 Å². The van der Waals surface area contributed by atoms with Crippen LogP contribution in [-0.4, -0.2) is 35.3 Å². The molecule has 0 aliphatic carbocycles. The predicted molar refractivity (Wildman–Crippen MR) is 39.6 cm³/mol. The molecular formula is C4H7Cl2N3O. The molecule has 0 aromatic carbocycles. The number of amidine groups is 1. The number of aliphatic imine (C=N–C) groups is 1. The average Bonchev–Trinajstić information content (AvgIpc) is 1.88. The molecule has 0 saturated carbocycles. The maximum Gasteiger partial charge on any atom is 0.304 e. The van der Waals surface area contributed by atoms with E-state index < -0.39 is 0 Å². The van der Waals surface area contributed by atoms with Crippen molar-refractivity contribution in [1.82, 2.24) is 8.84 Å². The smallest absolute Gasteiger partial charge is 0.304 e. The van der Waals surface area contributed by atoms with Crippen molar-refractivity contribution in [3.8, 4) is 0 Å². The number of hydrogen-bond donors (Lipinski definition) is 0. The van der Waals surface area contributed by atoms with Crippen molar-refractivity contribution >= 4 is 29.6 Å². The highest BCUT2D eigenvalue weighted by molar-refractivity contribution is 6.22. The van der Waals surface area contributed by atoms with E-state index >= 15 is 0 Å². The maximum atomic E-state index is 5.63. The van der Waals surface area contributed by atoms with Crippen molar-refractivity contribution in [1.29, 1.82) is 0 Å². The first kappa shape index (κ1) is 7.91. The van der Waals surface area contributed by atoms with Gasteiger partial charge in [-0.05, 0) is 11.8 Å². The fourth-order valence-corrected chi connectivity index (χ4v) is 1.08. The van der Waals surface area contributed by atoms with E-state index in [1.807, 2.05) is 0 Å². The van der Waals surface area contributed by atoms with Crippen LogP contribution in [0.5, 0.6) is 0 Å². The first-order chi connectivity index (χ1) is 4.74. The van der Waals surface area contributed by atoms with Gasteiger partial charge in [-0.3, -0.25) is 0 Å². The first-order valence-corrected chi connectivity index (χ1v) is 3.34. The Hall–Kier alpha value is -0.190. The van der Waals surface area contributed by atoms with Gasteiger partial charge in [0.15, 0.2) is 0 Å². The SMILES string of the molecule is COC1=NCN(Cl)CN1Cl. The third kappa shape index (κ3) is 1.65. The lowest BCUT2D eigenvalue weighted by atomic mass is 10.8. The molecular weight excluding hydrogens is 177 g/mol. The fraction of sp³-hybridized carbons (Fsp3) is 0.750. The number of ether oxygens (including phenoxy) is 1. The summed E-state index contributed by atoms with van der Waals surface area (Å²) in [5, 5.41) is 0. The van der Waals surface area contributed by atoms with Gasteiger partial charge in [0.1, 0.15) is 13.3 Å². The Kier molecular flexibility index (Phi) is 2.59. The molecule has 0 N–H and O–H groups in total. The van der Waals surface area contributed by atoms with Crippen LogP contribution in [0.4, 0.5) is 0 Å². The molecule has 1 rings (SSSR count). The maximum absolute atomic E-state index is 5.63. The van der Waals surface area contributed by atoms with E-state index in [1.54, 1.807) is 0 Å². The number of hydrogen-bond acceptors (Lipinski definition) is 4. The Bertz CT molecular complexity index is 151. The van der Waals surface area contributed by atoms with Gasteiger partial charge in [-0.15, -0.1) is 0 Å². The number of nitrogens with zero attached hydrogens (tertiary/aromatic N) is 3. The second-order valence-corrected chi connectivity index (χ2v) is 2.64. The van der Waals surface area contributed by atoms with Crippen molar-refractivity contribution in [3.05, 3.63) is 0 Å². The second-order valence-electron chi connectivity index (χ2n) is 1.75. The highest BCUT2D eigenvalue weighted by Gasteiger charge is 2.17. The van der Waals surface area contributed by atoms with Gasteiger partial charge in [-0.2, -0.15) is 4.42 Å². The molecule has 1 aliphatic rings. The van der Waals surface area contributed by atoms with Gasteiger partial charge in [0.2, 0.25) is 0 Å². The van der Waals surface area contributed by atoms with Gasteiger partial charge < -0.3 is 4.74 Å². The highest BCUT2D eigenvalue weighted by atomic mass is 35.5. The Morgan fingerprint density at radius 1 is 1.60 bits per heavy atom. The molecule has 6 heteroatoms. The van der Waals surface area contributed by atoms with E-state index in [4.69, 9.17) is 28.3 Å². The van der Waals surface area contributed by atoms with Crippen molar-refractivity contribution in [2.75, 3.05) is 20.4 Å². The van der Waals surface area contributed by atoms with Crippen LogP contribution >= 0.6 is 23.6 Å². The Morgan fingerprint density at radius 2 is 2.30 bits per heavy atom. The second kappa shape index (κ2) is 3.27. The van der Waals surface area contributed by atoms with Crippen LogP contribution in [-0.2, 0) is 4.74 Å². The van der Waals surface area contributed by atoms with Gasteiger partial charge in [0.25, 0.3) is 0 Å². The van der Waals surface area contributed by atoms with E-state index in [0.717, 1.165) is 0 Å². The summed E-state index contributed by atoms with van der Waals surface area (Å²) in [7, 11) is 1.51. The molecule has 0 aromatic rings. The van der Waals surface area contributed by atoms with Gasteiger partial charge in [-0.1, -0.05) is 0 Å². The highest BCUT2D eigenvalue weighted by Crippen LogP contribution is 2.08. The predicted octanol–water partition coefficient (Wildman–Crippen LogP) is 0.829. The minimum atomic E-state index is 0.401. The van der Waals surface area contributed by atoms with Crippen molar-refractivity contribution < 1.29 is 4.74 Å². The van der Waals surface area contributed by atoms with Crippen LogP contribution < -0.4 is 0 Å². The molecule has 0 bridgehead atoms. The molecule has 0 aromatic heterocycles. The van der Waals surface area contributed by atoms with E-state index in [2.05, 4.69) is 4.99 Å². The van der Waals surface area contributed by atoms with Gasteiger partial charge in [-0.25, -0.2) is 9.41 Å². The lowest BCUT2D eigenvalue weighted by Crippen LogP contribution is -2.37. The lowest BCUT2D eigenvalue weighted by Gasteiger charge is -2.24. The monoisotopic (exact) mass is 183 g/mol. The Labute approximate surface area is 69.2 Å². The van der Waals surface area contributed by atoms with Crippen molar-refractivity contribution in [2.45, 2.75) is 0 Å². The summed E-state index contributed by atoms with van der Waals surface area (Å²) >= 11 is 11.2. The fourth-order valence-electron chi connectivity index (χ4n) is 0.617. The van der Waals surface area contributed by atoms with Crippen LogP contribution in [0.1, 0.15) is 0 Å². The minimum absolute atomic E-state index is 0.401. The molecule has 0 radical (unpaired) electrons. The van der Waals surface area contributed by atoms with Gasteiger partial charge >= 0.3 is 6.02 Å². The number of methoxy groups -OCH3 is 1. The minimum Gasteiger partial charge on any atom is -0.468 e. The summed E-state index contributed by atoms with van der Waals surface area (Å²) in [6.07, 6.45) is 0. The van der Waals surface area contributed by atoms with E-state index in [1.165, 1.54) is 15.9 Å². The zero-order chi connectivity index (χ0) is 7.56. The standard InChI is InChI=1S/C4H7Cl2N3O/c1-10-4-7-2-8(5)3-9(4)6/h2-3H2,1H3. The molecule has 0 spiro atoms. The average molecular weight is 184 g/mol. The molecule has 1 aliphatic heterocycles. The summed E-state index contributed by atoms with van der Waals surface area (Å²) < 4.78 is 7.55. The molecule has 0 amide bonds. The van der Waals surface area contributed by atoms with Crippen molar-refractivity contribution in [3.63, 3.8) is 0 Å². The van der Waals surface area contributed by atoms with Crippen molar-refractivity contribution in [2.24, 2.45) is 4.99 Å². The molecule has 0 fully saturated rings. The molecule has 10 heavy (non-hydrogen) atoms. The molecule has 58 valence electrons. The summed E-state index contributed by atoms with van der Waals surface area (Å²) in [5.41, 5.74) is 0. The van der Waals surface area contributed by atoms with Crippen LogP contribution in [0.25, 0.3) is 0 Å². The topological polar surface area (TPSA) is 28.1 Å². The van der Waals surface area contributed by atoms with Gasteiger partial charge in [0.05, 0.1) is 7.11 Å². The third-order valence-electron chi connectivity index (χ3n) is 1.03. The zero-order valence-corrected chi connectivity index (χ0v) is 6.93. The Balaban J connectivity index is 2.57. The quantitative estimate of drug-likeness (QED) is 0.522. The molecule has 0 saturated heterocycles. The van der Waals surface area contributed by atoms with E-state index in [9.17, 15) is 0 Å². The van der Waals surface area contributed by atoms with Crippen LogP contribution in [0.2, 0.25) is 0 Å². The van der Waals surface area contributed by atoms with Crippen LogP contribution in [0.3, 0.4) is 0 Å². The lowest BCUT2D eigenvalue weighted by molar-refractivity contribution is 0.272. The number of rotatable bonds is 0.